The van der Waals surface area contributed by atoms with E-state index in [0.717, 1.165) is 21.5 Å². The third kappa shape index (κ3) is 4.37. The second-order valence-electron chi connectivity index (χ2n) is 4.17. The number of ether oxygens (including phenoxy) is 1. The van der Waals surface area contributed by atoms with Crippen molar-refractivity contribution in [2.24, 2.45) is 0 Å². The highest BCUT2D eigenvalue weighted by Crippen LogP contribution is 2.23. The Balaban J connectivity index is 1.97. The molecule has 2 rings (SSSR count). The van der Waals surface area contributed by atoms with Crippen LogP contribution in [0.25, 0.3) is 0 Å². The van der Waals surface area contributed by atoms with Crippen LogP contribution in [0.15, 0.2) is 47.1 Å². The van der Waals surface area contributed by atoms with Gasteiger partial charge in [0.05, 0.1) is 5.69 Å². The van der Waals surface area contributed by atoms with Gasteiger partial charge < -0.3 is 10.1 Å². The monoisotopic (exact) mass is 330 g/mol. The van der Waals surface area contributed by atoms with Crippen LogP contribution >= 0.6 is 15.9 Å². The number of terminal acetylenes is 1. The van der Waals surface area contributed by atoms with Gasteiger partial charge in [0.15, 0.2) is 0 Å². The first kappa shape index (κ1) is 14.6. The normalized spacial score (nSPS) is 10.0. The lowest BCUT2D eigenvalue weighted by atomic mass is 10.2. The molecule has 4 heteroatoms. The Kier molecular flexibility index (Phi) is 5.60. The predicted octanol–water partition coefficient (Wildman–Crippen LogP) is 3.15. The Hall–Kier alpha value is -1.83. The van der Waals surface area contributed by atoms with Gasteiger partial charge in [-0.25, -0.2) is 0 Å². The van der Waals surface area contributed by atoms with Crippen molar-refractivity contribution < 1.29 is 4.74 Å². The maximum atomic E-state index is 5.53. The van der Waals surface area contributed by atoms with Gasteiger partial charge in [-0.1, -0.05) is 27.9 Å². The molecule has 0 radical (unpaired) electrons. The predicted molar refractivity (Wildman–Crippen MR) is 83.3 cm³/mol. The van der Waals surface area contributed by atoms with E-state index in [1.165, 1.54) is 0 Å². The molecule has 0 aliphatic heterocycles. The number of pyridine rings is 1. The van der Waals surface area contributed by atoms with Crippen LogP contribution in [-0.4, -0.2) is 11.6 Å². The Morgan fingerprint density at radius 3 is 2.90 bits per heavy atom. The third-order valence-corrected chi connectivity index (χ3v) is 3.17. The molecule has 102 valence electrons. The summed E-state index contributed by atoms with van der Waals surface area (Å²) in [6.45, 7) is 1.67. The first-order chi connectivity index (χ1) is 9.79. The second-order valence-corrected chi connectivity index (χ2v) is 5.09. The van der Waals surface area contributed by atoms with E-state index in [0.29, 0.717) is 13.1 Å². The standard InChI is InChI=1S/C16H15BrN2O/c1-2-9-20-16-7-6-14(17)10-13(16)11-18-12-15-5-3-4-8-19-15/h1,3-8,10,18H,9,11-12H2. The van der Waals surface area contributed by atoms with Crippen molar-refractivity contribution in [3.05, 3.63) is 58.3 Å². The summed E-state index contributed by atoms with van der Waals surface area (Å²) in [5, 5.41) is 3.35. The summed E-state index contributed by atoms with van der Waals surface area (Å²) < 4.78 is 6.55. The van der Waals surface area contributed by atoms with Crippen LogP contribution in [0.2, 0.25) is 0 Å². The molecule has 20 heavy (non-hydrogen) atoms. The van der Waals surface area contributed by atoms with Crippen LogP contribution in [-0.2, 0) is 13.1 Å². The van der Waals surface area contributed by atoms with Gasteiger partial charge in [-0.3, -0.25) is 4.98 Å². The number of hydrogen-bond acceptors (Lipinski definition) is 3. The van der Waals surface area contributed by atoms with E-state index in [-0.39, 0.29) is 6.61 Å². The fourth-order valence-electron chi connectivity index (χ4n) is 1.77. The summed E-state index contributed by atoms with van der Waals surface area (Å²) >= 11 is 3.47. The van der Waals surface area contributed by atoms with Crippen molar-refractivity contribution in [3.63, 3.8) is 0 Å². The molecular formula is C16H15BrN2O. The minimum Gasteiger partial charge on any atom is -0.481 e. The lowest BCUT2D eigenvalue weighted by molar-refractivity contribution is 0.364. The van der Waals surface area contributed by atoms with Crippen LogP contribution in [0.5, 0.6) is 5.75 Å². The molecule has 0 amide bonds. The number of aromatic nitrogens is 1. The highest BCUT2D eigenvalue weighted by molar-refractivity contribution is 9.10. The first-order valence-corrected chi connectivity index (χ1v) is 7.04. The average Bonchev–Trinajstić information content (AvgIpc) is 2.47. The fraction of sp³-hybridized carbons (Fsp3) is 0.188. The van der Waals surface area contributed by atoms with Gasteiger partial charge in [0.2, 0.25) is 0 Å². The molecular weight excluding hydrogens is 316 g/mol. The number of hydrogen-bond donors (Lipinski definition) is 1. The van der Waals surface area contributed by atoms with Crippen LogP contribution in [0.1, 0.15) is 11.3 Å². The van der Waals surface area contributed by atoms with Gasteiger partial charge in [0.1, 0.15) is 12.4 Å². The molecule has 1 aromatic heterocycles. The molecule has 0 saturated heterocycles. The molecule has 0 saturated carbocycles. The smallest absolute Gasteiger partial charge is 0.148 e. The molecule has 3 nitrogen and oxygen atoms in total. The van der Waals surface area contributed by atoms with Crippen molar-refractivity contribution in [2.45, 2.75) is 13.1 Å². The number of halogens is 1. The minimum atomic E-state index is 0.273. The molecule has 1 N–H and O–H groups in total. The fourth-order valence-corrected chi connectivity index (χ4v) is 2.18. The van der Waals surface area contributed by atoms with Gasteiger partial charge in [0, 0.05) is 29.3 Å². The maximum Gasteiger partial charge on any atom is 0.148 e. The summed E-state index contributed by atoms with van der Waals surface area (Å²) in [5.74, 6) is 3.28. The molecule has 0 aliphatic carbocycles. The van der Waals surface area contributed by atoms with Crippen LogP contribution in [0.3, 0.4) is 0 Å². The number of nitrogens with zero attached hydrogens (tertiary/aromatic N) is 1. The quantitative estimate of drug-likeness (QED) is 0.826. The Labute approximate surface area is 127 Å². The van der Waals surface area contributed by atoms with Gasteiger partial charge in [0.25, 0.3) is 0 Å². The largest absolute Gasteiger partial charge is 0.481 e. The molecule has 1 heterocycles. The molecule has 0 atom stereocenters. The van der Waals surface area contributed by atoms with E-state index in [4.69, 9.17) is 11.2 Å². The third-order valence-electron chi connectivity index (χ3n) is 2.68. The van der Waals surface area contributed by atoms with Crippen LogP contribution in [0.4, 0.5) is 0 Å². The Morgan fingerprint density at radius 1 is 1.25 bits per heavy atom. The van der Waals surface area contributed by atoms with E-state index in [1.54, 1.807) is 6.20 Å². The molecule has 0 fully saturated rings. The number of benzene rings is 1. The lowest BCUT2D eigenvalue weighted by Gasteiger charge is -2.11. The zero-order valence-electron chi connectivity index (χ0n) is 11.0. The second kappa shape index (κ2) is 7.68. The molecule has 0 unspecified atom stereocenters. The van der Waals surface area contributed by atoms with E-state index >= 15 is 0 Å². The molecule has 0 aliphatic rings. The SMILES string of the molecule is C#CCOc1ccc(Br)cc1CNCc1ccccn1. The minimum absolute atomic E-state index is 0.273. The summed E-state index contributed by atoms with van der Waals surface area (Å²) in [4.78, 5) is 4.27. The summed E-state index contributed by atoms with van der Waals surface area (Å²) in [5.41, 5.74) is 2.07. The van der Waals surface area contributed by atoms with E-state index in [1.807, 2.05) is 36.4 Å². The number of nitrogens with one attached hydrogen (secondary N) is 1. The molecule has 1 aromatic carbocycles. The van der Waals surface area contributed by atoms with Crippen molar-refractivity contribution in [3.8, 4) is 18.1 Å². The zero-order valence-corrected chi connectivity index (χ0v) is 12.6. The highest BCUT2D eigenvalue weighted by Gasteiger charge is 2.04. The van der Waals surface area contributed by atoms with Crippen LogP contribution < -0.4 is 10.1 Å². The Bertz CT molecular complexity index is 593. The van der Waals surface area contributed by atoms with E-state index in [9.17, 15) is 0 Å². The summed E-state index contributed by atoms with van der Waals surface area (Å²) in [7, 11) is 0. The molecule has 0 spiro atoms. The van der Waals surface area contributed by atoms with E-state index < -0.39 is 0 Å². The summed E-state index contributed by atoms with van der Waals surface area (Å²) in [6.07, 6.45) is 7.01. The maximum absolute atomic E-state index is 5.53. The van der Waals surface area contributed by atoms with Gasteiger partial charge >= 0.3 is 0 Å². The van der Waals surface area contributed by atoms with Gasteiger partial charge in [-0.05, 0) is 30.3 Å². The zero-order chi connectivity index (χ0) is 14.2. The molecule has 0 bridgehead atoms. The van der Waals surface area contributed by atoms with Crippen molar-refractivity contribution in [2.75, 3.05) is 6.61 Å². The van der Waals surface area contributed by atoms with Crippen molar-refractivity contribution in [1.29, 1.82) is 0 Å². The lowest BCUT2D eigenvalue weighted by Crippen LogP contribution is -2.14. The van der Waals surface area contributed by atoms with Crippen molar-refractivity contribution in [1.82, 2.24) is 10.3 Å². The highest BCUT2D eigenvalue weighted by atomic mass is 79.9. The first-order valence-electron chi connectivity index (χ1n) is 6.25. The van der Waals surface area contributed by atoms with Crippen LogP contribution in [0, 0.1) is 12.3 Å². The topological polar surface area (TPSA) is 34.1 Å². The average molecular weight is 331 g/mol. The van der Waals surface area contributed by atoms with Gasteiger partial charge in [-0.2, -0.15) is 0 Å². The number of rotatable bonds is 6. The van der Waals surface area contributed by atoms with E-state index in [2.05, 4.69) is 32.2 Å². The summed E-state index contributed by atoms with van der Waals surface area (Å²) in [6, 6.07) is 11.8. The Morgan fingerprint density at radius 2 is 2.15 bits per heavy atom. The molecule has 2 aromatic rings. The van der Waals surface area contributed by atoms with Crippen molar-refractivity contribution >= 4 is 15.9 Å². The van der Waals surface area contributed by atoms with Gasteiger partial charge in [-0.15, -0.1) is 6.42 Å².